The topological polar surface area (TPSA) is 17.1 Å². The molecule has 0 unspecified atom stereocenters. The molecule has 0 rings (SSSR count). The van der Waals surface area contributed by atoms with Crippen molar-refractivity contribution in [1.29, 1.82) is 0 Å². The molecule has 0 aliphatic rings. The van der Waals surface area contributed by atoms with Gasteiger partial charge in [-0.2, -0.15) is 8.39 Å². The number of hydrogen-bond donors (Lipinski definition) is 0. The highest BCUT2D eigenvalue weighted by Crippen LogP contribution is 2.48. The second kappa shape index (κ2) is 2.63. The Balaban J connectivity index is 3.36. The lowest BCUT2D eigenvalue weighted by Crippen LogP contribution is -1.77. The molecular formula is C2H4ClF2OP. The van der Waals surface area contributed by atoms with Gasteiger partial charge in [0, 0.05) is 5.88 Å². The van der Waals surface area contributed by atoms with Gasteiger partial charge in [-0.1, -0.05) is 0 Å². The molecule has 7 heavy (non-hydrogen) atoms. The zero-order valence-electron chi connectivity index (χ0n) is 3.40. The molecule has 0 radical (unpaired) electrons. The van der Waals surface area contributed by atoms with Crippen molar-refractivity contribution in [1.82, 2.24) is 0 Å². The SMILES string of the molecule is O=P(F)(F)CCCl. The van der Waals surface area contributed by atoms with Crippen molar-refractivity contribution in [2.75, 3.05) is 12.0 Å². The smallest absolute Gasteiger partial charge is 0.250 e. The molecule has 0 fully saturated rings. The van der Waals surface area contributed by atoms with Crippen LogP contribution in [0.2, 0.25) is 0 Å². The van der Waals surface area contributed by atoms with Crippen LogP contribution in [-0.2, 0) is 4.57 Å². The van der Waals surface area contributed by atoms with Crippen LogP contribution in [0.3, 0.4) is 0 Å². The summed E-state index contributed by atoms with van der Waals surface area (Å²) in [5.74, 6) is -0.232. The van der Waals surface area contributed by atoms with E-state index in [4.69, 9.17) is 11.6 Å². The molecule has 1 nitrogen and oxygen atoms in total. The molecule has 0 aliphatic carbocycles. The standard InChI is InChI=1S/C2H4ClF2OP/c3-1-2-7(4,5)6/h1-2H2. The van der Waals surface area contributed by atoms with Gasteiger partial charge in [-0.05, 0) is 0 Å². The zero-order chi connectivity index (χ0) is 5.91. The van der Waals surface area contributed by atoms with Crippen LogP contribution in [-0.4, -0.2) is 12.0 Å². The van der Waals surface area contributed by atoms with Crippen LogP contribution in [0.1, 0.15) is 0 Å². The molecule has 0 saturated heterocycles. The minimum Gasteiger partial charge on any atom is -0.250 e. The van der Waals surface area contributed by atoms with Crippen molar-refractivity contribution in [3.8, 4) is 0 Å². The number of alkyl halides is 1. The van der Waals surface area contributed by atoms with Gasteiger partial charge in [0.2, 0.25) is 0 Å². The van der Waals surface area contributed by atoms with E-state index >= 15 is 0 Å². The van der Waals surface area contributed by atoms with E-state index in [1.54, 1.807) is 0 Å². The Bertz CT molecular complexity index is 89.7. The molecule has 0 heterocycles. The highest BCUT2D eigenvalue weighted by molar-refractivity contribution is 7.53. The quantitative estimate of drug-likeness (QED) is 0.434. The predicted octanol–water partition coefficient (Wildman–Crippen LogP) is 2.36. The lowest BCUT2D eigenvalue weighted by atomic mass is 11.0. The van der Waals surface area contributed by atoms with Crippen molar-refractivity contribution >= 4 is 19.4 Å². The Hall–Kier alpha value is 0.380. The van der Waals surface area contributed by atoms with Crippen molar-refractivity contribution in [3.63, 3.8) is 0 Å². The van der Waals surface area contributed by atoms with E-state index in [1.807, 2.05) is 0 Å². The van der Waals surface area contributed by atoms with Crippen molar-refractivity contribution in [2.24, 2.45) is 0 Å². The first kappa shape index (κ1) is 7.38. The van der Waals surface area contributed by atoms with Crippen molar-refractivity contribution < 1.29 is 13.0 Å². The molecule has 0 aliphatic heterocycles. The normalized spacial score (nSPS) is 11.9. The molecule has 0 N–H and O–H groups in total. The maximum atomic E-state index is 11.2. The molecule has 0 aromatic heterocycles. The molecular weight excluding hydrogens is 144 g/mol. The molecule has 0 aromatic rings. The van der Waals surface area contributed by atoms with E-state index in [-0.39, 0.29) is 5.88 Å². The van der Waals surface area contributed by atoms with Gasteiger partial charge in [-0.3, -0.25) is 4.57 Å². The molecule has 0 bridgehead atoms. The second-order valence-electron chi connectivity index (χ2n) is 0.983. The third-order valence-corrected chi connectivity index (χ3v) is 1.54. The molecule has 5 heteroatoms. The fourth-order valence-electron chi connectivity index (χ4n) is 0.0984. The van der Waals surface area contributed by atoms with Crippen LogP contribution in [0, 0.1) is 0 Å². The third-order valence-electron chi connectivity index (χ3n) is 0.345. The Morgan fingerprint density at radius 2 is 2.00 bits per heavy atom. The maximum Gasteiger partial charge on any atom is 0.403 e. The van der Waals surface area contributed by atoms with Crippen LogP contribution in [0.25, 0.3) is 0 Å². The minimum atomic E-state index is -4.80. The number of rotatable bonds is 2. The van der Waals surface area contributed by atoms with Crippen LogP contribution >= 0.6 is 19.4 Å². The number of halogens is 3. The van der Waals surface area contributed by atoms with Gasteiger partial charge < -0.3 is 0 Å². The zero-order valence-corrected chi connectivity index (χ0v) is 5.05. The predicted molar refractivity (Wildman–Crippen MR) is 25.4 cm³/mol. The Kier molecular flexibility index (Phi) is 2.77. The fourth-order valence-corrected chi connectivity index (χ4v) is 0.886. The summed E-state index contributed by atoms with van der Waals surface area (Å²) in [6.45, 7) is 0. The van der Waals surface area contributed by atoms with E-state index < -0.39 is 13.9 Å². The van der Waals surface area contributed by atoms with Gasteiger partial charge >= 0.3 is 7.76 Å². The van der Waals surface area contributed by atoms with Crippen LogP contribution in [0.4, 0.5) is 8.39 Å². The summed E-state index contributed by atoms with van der Waals surface area (Å²) in [5, 5.41) is 0. The highest BCUT2D eigenvalue weighted by Gasteiger charge is 2.16. The van der Waals surface area contributed by atoms with Crippen LogP contribution in [0.15, 0.2) is 0 Å². The van der Waals surface area contributed by atoms with Gasteiger partial charge in [0.05, 0.1) is 6.16 Å². The monoisotopic (exact) mass is 148 g/mol. The van der Waals surface area contributed by atoms with Gasteiger partial charge in [0.15, 0.2) is 0 Å². The summed E-state index contributed by atoms with van der Waals surface area (Å²) in [7, 11) is -4.80. The first-order chi connectivity index (χ1) is 3.06. The molecule has 0 aromatic carbocycles. The molecule has 0 atom stereocenters. The fraction of sp³-hybridized carbons (Fsp3) is 1.00. The Morgan fingerprint density at radius 3 is 2.00 bits per heavy atom. The van der Waals surface area contributed by atoms with Crippen LogP contribution < -0.4 is 0 Å². The van der Waals surface area contributed by atoms with Gasteiger partial charge in [0.1, 0.15) is 0 Å². The average Bonchev–Trinajstić information content (AvgIpc) is 1.30. The van der Waals surface area contributed by atoms with E-state index in [0.29, 0.717) is 0 Å². The van der Waals surface area contributed by atoms with Gasteiger partial charge in [0.25, 0.3) is 0 Å². The van der Waals surface area contributed by atoms with Crippen molar-refractivity contribution in [3.05, 3.63) is 0 Å². The summed E-state index contributed by atoms with van der Waals surface area (Å²) in [5.41, 5.74) is 0. The second-order valence-corrected chi connectivity index (χ2v) is 2.95. The summed E-state index contributed by atoms with van der Waals surface area (Å²) < 4.78 is 31.8. The third kappa shape index (κ3) is 6.38. The largest absolute Gasteiger partial charge is 0.403 e. The van der Waals surface area contributed by atoms with Crippen molar-refractivity contribution in [2.45, 2.75) is 0 Å². The molecule has 44 valence electrons. The molecule has 0 amide bonds. The summed E-state index contributed by atoms with van der Waals surface area (Å²) in [6, 6.07) is 0. The van der Waals surface area contributed by atoms with E-state index in [2.05, 4.69) is 0 Å². The lowest BCUT2D eigenvalue weighted by Gasteiger charge is -1.88. The first-order valence-electron chi connectivity index (χ1n) is 1.60. The average molecular weight is 148 g/mol. The highest BCUT2D eigenvalue weighted by atomic mass is 35.5. The van der Waals surface area contributed by atoms with Gasteiger partial charge in [-0.25, -0.2) is 0 Å². The minimum absolute atomic E-state index is 0.232. The van der Waals surface area contributed by atoms with E-state index in [9.17, 15) is 13.0 Å². The maximum absolute atomic E-state index is 11.2. The van der Waals surface area contributed by atoms with E-state index in [0.717, 1.165) is 0 Å². The molecule has 0 spiro atoms. The molecule has 0 saturated carbocycles. The summed E-state index contributed by atoms with van der Waals surface area (Å²) in [6.07, 6.45) is -0.672. The summed E-state index contributed by atoms with van der Waals surface area (Å²) in [4.78, 5) is 0. The van der Waals surface area contributed by atoms with Crippen LogP contribution in [0.5, 0.6) is 0 Å². The number of hydrogen-bond acceptors (Lipinski definition) is 1. The van der Waals surface area contributed by atoms with Gasteiger partial charge in [-0.15, -0.1) is 11.6 Å². The lowest BCUT2D eigenvalue weighted by molar-refractivity contribution is 0.496. The Labute approximate surface area is 45.3 Å². The summed E-state index contributed by atoms with van der Waals surface area (Å²) >= 11 is 4.83. The Morgan fingerprint density at radius 1 is 1.57 bits per heavy atom. The van der Waals surface area contributed by atoms with E-state index in [1.165, 1.54) is 0 Å². The first-order valence-corrected chi connectivity index (χ1v) is 3.81.